The number of carbonyl (C=O) groups is 1. The lowest BCUT2D eigenvalue weighted by molar-refractivity contribution is 0.0825. The quantitative estimate of drug-likeness (QED) is 0.617. The number of fused-ring (bicyclic) bond motifs is 2. The zero-order valence-corrected chi connectivity index (χ0v) is 16.4. The van der Waals surface area contributed by atoms with Gasteiger partial charge in [-0.3, -0.25) is 4.79 Å². The normalized spacial score (nSPS) is 33.2. The number of amides is 1. The minimum atomic E-state index is 0.0651. The van der Waals surface area contributed by atoms with E-state index in [0.717, 1.165) is 25.9 Å². The monoisotopic (exact) mass is 461 g/mol. The molecule has 0 radical (unpaired) electrons. The average Bonchev–Trinajstić information content (AvgIpc) is 2.74. The summed E-state index contributed by atoms with van der Waals surface area (Å²) in [6, 6.07) is 6.16. The van der Waals surface area contributed by atoms with Crippen LogP contribution in [0.25, 0.3) is 0 Å². The summed E-state index contributed by atoms with van der Waals surface area (Å²) in [7, 11) is 0. The molecule has 21 heavy (non-hydrogen) atoms. The molecule has 1 aromatic rings. The number of nitrogens with one attached hydrogen (secondary N) is 1. The molecule has 0 heterocycles. The lowest BCUT2D eigenvalue weighted by Crippen LogP contribution is -2.47. The summed E-state index contributed by atoms with van der Waals surface area (Å²) in [5.74, 6) is 0.810. The van der Waals surface area contributed by atoms with E-state index in [1.165, 1.54) is 12.8 Å². The first-order valence-corrected chi connectivity index (χ1v) is 9.39. The third-order valence-corrected chi connectivity index (χ3v) is 7.71. The molecule has 2 aliphatic carbocycles. The van der Waals surface area contributed by atoms with E-state index in [1.807, 2.05) is 18.2 Å². The van der Waals surface area contributed by atoms with Gasteiger partial charge in [0.25, 0.3) is 5.91 Å². The number of benzene rings is 1. The molecule has 1 N–H and O–H groups in total. The minimum Gasteiger partial charge on any atom is -0.349 e. The Bertz CT molecular complexity index is 600. The lowest BCUT2D eigenvalue weighted by Gasteiger charge is -2.39. The van der Waals surface area contributed by atoms with Gasteiger partial charge in [0.05, 0.1) is 5.56 Å². The number of hydrogen-bond donors (Lipinski definition) is 1. The molecule has 0 saturated heterocycles. The number of rotatable bonds is 2. The summed E-state index contributed by atoms with van der Waals surface area (Å²) in [4.78, 5) is 12.7. The molecule has 1 aromatic carbocycles. The Labute approximate surface area is 148 Å². The summed E-state index contributed by atoms with van der Waals surface area (Å²) in [6.07, 6.45) is 3.66. The van der Waals surface area contributed by atoms with Gasteiger partial charge < -0.3 is 5.32 Å². The SMILES string of the molecule is CC1(C)C2CCC1(C)C(NC(=O)c1cc(Br)ccc1I)C2. The molecule has 4 heteroatoms. The predicted octanol–water partition coefficient (Wildman–Crippen LogP) is 5.00. The number of carbonyl (C=O) groups excluding carboxylic acids is 1. The van der Waals surface area contributed by atoms with Crippen LogP contribution in [0.2, 0.25) is 0 Å². The average molecular weight is 462 g/mol. The predicted molar refractivity (Wildman–Crippen MR) is 97.3 cm³/mol. The van der Waals surface area contributed by atoms with Crippen molar-refractivity contribution in [2.45, 2.75) is 46.1 Å². The van der Waals surface area contributed by atoms with Crippen LogP contribution in [0.5, 0.6) is 0 Å². The van der Waals surface area contributed by atoms with E-state index in [2.05, 4.69) is 64.6 Å². The first-order valence-electron chi connectivity index (χ1n) is 7.51. The Morgan fingerprint density at radius 2 is 2.10 bits per heavy atom. The molecule has 0 aromatic heterocycles. The molecule has 1 amide bonds. The van der Waals surface area contributed by atoms with Crippen molar-refractivity contribution in [3.63, 3.8) is 0 Å². The molecular weight excluding hydrogens is 441 g/mol. The fourth-order valence-corrected chi connectivity index (χ4v) is 5.27. The Balaban J connectivity index is 1.82. The van der Waals surface area contributed by atoms with Crippen molar-refractivity contribution in [2.75, 3.05) is 0 Å². The van der Waals surface area contributed by atoms with Crippen LogP contribution >= 0.6 is 38.5 Å². The Hall–Kier alpha value is -0.100. The first-order chi connectivity index (χ1) is 9.75. The topological polar surface area (TPSA) is 29.1 Å². The molecule has 2 aliphatic rings. The lowest BCUT2D eigenvalue weighted by atomic mass is 9.69. The van der Waals surface area contributed by atoms with Crippen molar-refractivity contribution >= 4 is 44.4 Å². The van der Waals surface area contributed by atoms with E-state index in [4.69, 9.17) is 0 Å². The fourth-order valence-electron chi connectivity index (χ4n) is 4.33. The van der Waals surface area contributed by atoms with Gasteiger partial charge in [0.2, 0.25) is 0 Å². The maximum absolute atomic E-state index is 12.7. The van der Waals surface area contributed by atoms with Crippen LogP contribution in [-0.4, -0.2) is 11.9 Å². The second kappa shape index (κ2) is 5.22. The molecule has 2 saturated carbocycles. The molecule has 2 fully saturated rings. The van der Waals surface area contributed by atoms with Gasteiger partial charge in [0, 0.05) is 14.1 Å². The summed E-state index contributed by atoms with van der Waals surface area (Å²) < 4.78 is 1.95. The van der Waals surface area contributed by atoms with E-state index in [-0.39, 0.29) is 11.3 Å². The van der Waals surface area contributed by atoms with E-state index in [9.17, 15) is 4.79 Å². The Kier molecular flexibility index (Phi) is 3.92. The summed E-state index contributed by atoms with van der Waals surface area (Å²) in [5, 5.41) is 3.33. The molecule has 3 atom stereocenters. The number of halogens is 2. The van der Waals surface area contributed by atoms with Gasteiger partial charge in [-0.05, 0) is 76.8 Å². The van der Waals surface area contributed by atoms with Crippen LogP contribution in [0, 0.1) is 20.3 Å². The standard InChI is InChI=1S/C17H21BrINO/c1-16(2)10-6-7-17(16,3)14(8-10)20-15(21)12-9-11(18)4-5-13(12)19/h4-5,9-10,14H,6-8H2,1-3H3,(H,20,21). The molecule has 0 spiro atoms. The molecular formula is C17H21BrINO. The summed E-state index contributed by atoms with van der Waals surface area (Å²) in [6.45, 7) is 7.11. The fraction of sp³-hybridized carbons (Fsp3) is 0.588. The first kappa shape index (κ1) is 15.8. The molecule has 3 rings (SSSR count). The third-order valence-electron chi connectivity index (χ3n) is 6.27. The Morgan fingerprint density at radius 3 is 2.67 bits per heavy atom. The smallest absolute Gasteiger partial charge is 0.252 e. The molecule has 114 valence electrons. The van der Waals surface area contributed by atoms with Gasteiger partial charge in [-0.1, -0.05) is 36.7 Å². The van der Waals surface area contributed by atoms with Gasteiger partial charge >= 0.3 is 0 Å². The van der Waals surface area contributed by atoms with Crippen LogP contribution in [-0.2, 0) is 0 Å². The third kappa shape index (κ3) is 2.37. The van der Waals surface area contributed by atoms with E-state index < -0.39 is 0 Å². The van der Waals surface area contributed by atoms with Crippen LogP contribution in [0.3, 0.4) is 0 Å². The number of hydrogen-bond acceptors (Lipinski definition) is 1. The molecule has 2 nitrogen and oxygen atoms in total. The highest BCUT2D eigenvalue weighted by molar-refractivity contribution is 14.1. The Morgan fingerprint density at radius 1 is 1.38 bits per heavy atom. The van der Waals surface area contributed by atoms with Crippen molar-refractivity contribution in [1.29, 1.82) is 0 Å². The van der Waals surface area contributed by atoms with Crippen molar-refractivity contribution in [3.8, 4) is 0 Å². The van der Waals surface area contributed by atoms with E-state index in [1.54, 1.807) is 0 Å². The van der Waals surface area contributed by atoms with Crippen molar-refractivity contribution < 1.29 is 4.79 Å². The van der Waals surface area contributed by atoms with Gasteiger partial charge in [0.15, 0.2) is 0 Å². The van der Waals surface area contributed by atoms with Crippen LogP contribution in [0.4, 0.5) is 0 Å². The van der Waals surface area contributed by atoms with Gasteiger partial charge in [0.1, 0.15) is 0 Å². The van der Waals surface area contributed by atoms with Crippen LogP contribution in [0.15, 0.2) is 22.7 Å². The molecule has 2 bridgehead atoms. The van der Waals surface area contributed by atoms with Crippen molar-refractivity contribution in [3.05, 3.63) is 31.8 Å². The highest BCUT2D eigenvalue weighted by Crippen LogP contribution is 2.65. The highest BCUT2D eigenvalue weighted by Gasteiger charge is 2.61. The van der Waals surface area contributed by atoms with E-state index >= 15 is 0 Å². The van der Waals surface area contributed by atoms with Gasteiger partial charge in [-0.25, -0.2) is 0 Å². The van der Waals surface area contributed by atoms with Crippen molar-refractivity contribution in [2.24, 2.45) is 16.7 Å². The van der Waals surface area contributed by atoms with Crippen LogP contribution < -0.4 is 5.32 Å². The highest BCUT2D eigenvalue weighted by atomic mass is 127. The van der Waals surface area contributed by atoms with E-state index in [0.29, 0.717) is 11.5 Å². The summed E-state index contributed by atoms with van der Waals surface area (Å²) in [5.41, 5.74) is 1.33. The van der Waals surface area contributed by atoms with Crippen molar-refractivity contribution in [1.82, 2.24) is 5.32 Å². The largest absolute Gasteiger partial charge is 0.349 e. The minimum absolute atomic E-state index is 0.0651. The second-order valence-electron chi connectivity index (χ2n) is 7.26. The van der Waals surface area contributed by atoms with Crippen LogP contribution in [0.1, 0.15) is 50.4 Å². The maximum Gasteiger partial charge on any atom is 0.252 e. The zero-order valence-electron chi connectivity index (χ0n) is 12.7. The zero-order chi connectivity index (χ0) is 15.4. The van der Waals surface area contributed by atoms with Gasteiger partial charge in [-0.15, -0.1) is 0 Å². The molecule has 3 unspecified atom stereocenters. The van der Waals surface area contributed by atoms with Gasteiger partial charge in [-0.2, -0.15) is 0 Å². The second-order valence-corrected chi connectivity index (χ2v) is 9.34. The molecule has 0 aliphatic heterocycles. The maximum atomic E-state index is 12.7. The summed E-state index contributed by atoms with van der Waals surface area (Å²) >= 11 is 5.69.